The molecule has 0 spiro atoms. The van der Waals surface area contributed by atoms with Gasteiger partial charge in [-0.15, -0.1) is 0 Å². The van der Waals surface area contributed by atoms with E-state index in [1.807, 2.05) is 13.8 Å². The van der Waals surface area contributed by atoms with Gasteiger partial charge in [0, 0.05) is 25.8 Å². The molecule has 0 aliphatic rings. The lowest BCUT2D eigenvalue weighted by Gasteiger charge is -2.23. The van der Waals surface area contributed by atoms with Gasteiger partial charge in [0.1, 0.15) is 0 Å². The Morgan fingerprint density at radius 2 is 1.85 bits per heavy atom. The van der Waals surface area contributed by atoms with Gasteiger partial charge in [0.2, 0.25) is 11.8 Å². The number of hydrogen-bond acceptors (Lipinski definition) is 4. The molecule has 20 heavy (non-hydrogen) atoms. The van der Waals surface area contributed by atoms with Crippen molar-refractivity contribution in [1.29, 1.82) is 0 Å². The van der Waals surface area contributed by atoms with Crippen molar-refractivity contribution < 1.29 is 9.59 Å². The summed E-state index contributed by atoms with van der Waals surface area (Å²) in [5.74, 6) is -0.182. The Morgan fingerprint density at radius 3 is 2.35 bits per heavy atom. The van der Waals surface area contributed by atoms with E-state index in [4.69, 9.17) is 5.73 Å². The number of anilines is 1. The van der Waals surface area contributed by atoms with Gasteiger partial charge in [-0.1, -0.05) is 0 Å². The quantitative estimate of drug-likeness (QED) is 0.823. The molecule has 0 aromatic carbocycles. The lowest BCUT2D eigenvalue weighted by atomic mass is 10.2. The zero-order valence-corrected chi connectivity index (χ0v) is 12.3. The number of pyridine rings is 1. The van der Waals surface area contributed by atoms with Gasteiger partial charge in [-0.05, 0) is 26.0 Å². The lowest BCUT2D eigenvalue weighted by Crippen LogP contribution is -2.41. The largest absolute Gasteiger partial charge is 0.397 e. The monoisotopic (exact) mass is 278 g/mol. The van der Waals surface area contributed by atoms with Crippen LogP contribution >= 0.6 is 0 Å². The summed E-state index contributed by atoms with van der Waals surface area (Å²) in [7, 11) is 1.63. The summed E-state index contributed by atoms with van der Waals surface area (Å²) in [6, 6.07) is 3.42. The molecule has 6 heteroatoms. The van der Waals surface area contributed by atoms with Gasteiger partial charge in [-0.2, -0.15) is 0 Å². The Labute approximate surface area is 119 Å². The first kappa shape index (κ1) is 15.9. The first-order valence-corrected chi connectivity index (χ1v) is 6.70. The van der Waals surface area contributed by atoms with Crippen molar-refractivity contribution in [2.24, 2.45) is 0 Å². The van der Waals surface area contributed by atoms with Gasteiger partial charge >= 0.3 is 0 Å². The molecule has 0 aliphatic carbocycles. The van der Waals surface area contributed by atoms with Crippen molar-refractivity contribution in [1.82, 2.24) is 14.8 Å². The maximum Gasteiger partial charge on any atom is 0.242 e. The van der Waals surface area contributed by atoms with Gasteiger partial charge in [-0.25, -0.2) is 0 Å². The Kier molecular flexibility index (Phi) is 5.96. The Hall–Kier alpha value is -2.11. The van der Waals surface area contributed by atoms with E-state index in [9.17, 15) is 9.59 Å². The molecule has 0 saturated heterocycles. The summed E-state index contributed by atoms with van der Waals surface area (Å²) in [6.07, 6.45) is 1.69. The molecule has 1 aromatic heterocycles. The van der Waals surface area contributed by atoms with E-state index >= 15 is 0 Å². The molecule has 0 aliphatic heterocycles. The molecule has 2 amide bonds. The van der Waals surface area contributed by atoms with E-state index in [-0.39, 0.29) is 24.8 Å². The second-order valence-corrected chi connectivity index (χ2v) is 4.58. The van der Waals surface area contributed by atoms with E-state index in [1.54, 1.807) is 24.1 Å². The molecule has 0 radical (unpaired) electrons. The number of nitrogens with zero attached hydrogens (tertiary/aromatic N) is 3. The van der Waals surface area contributed by atoms with E-state index in [1.165, 1.54) is 11.1 Å². The minimum atomic E-state index is -0.136. The van der Waals surface area contributed by atoms with Crippen LogP contribution in [0.2, 0.25) is 0 Å². The molecule has 1 heterocycles. The van der Waals surface area contributed by atoms with Crippen LogP contribution in [-0.4, -0.2) is 53.3 Å². The van der Waals surface area contributed by atoms with Gasteiger partial charge < -0.3 is 15.5 Å². The zero-order valence-electron chi connectivity index (χ0n) is 12.3. The van der Waals surface area contributed by atoms with Crippen LogP contribution in [0.1, 0.15) is 19.5 Å². The van der Waals surface area contributed by atoms with Crippen molar-refractivity contribution in [2.75, 3.05) is 32.4 Å². The van der Waals surface area contributed by atoms with E-state index in [2.05, 4.69) is 4.98 Å². The molecule has 0 bridgehead atoms. The summed E-state index contributed by atoms with van der Waals surface area (Å²) in [5.41, 5.74) is 6.75. The molecule has 0 fully saturated rings. The minimum Gasteiger partial charge on any atom is -0.397 e. The number of hydrogen-bond donors (Lipinski definition) is 1. The number of carbonyl (C=O) groups is 2. The predicted octanol–water partition coefficient (Wildman–Crippen LogP) is 0.533. The maximum absolute atomic E-state index is 12.0. The lowest BCUT2D eigenvalue weighted by molar-refractivity contribution is -0.138. The second kappa shape index (κ2) is 7.47. The Morgan fingerprint density at radius 1 is 1.20 bits per heavy atom. The van der Waals surface area contributed by atoms with Crippen LogP contribution in [0.4, 0.5) is 5.69 Å². The van der Waals surface area contributed by atoms with Crippen LogP contribution in [0.5, 0.6) is 0 Å². The fourth-order valence-corrected chi connectivity index (χ4v) is 1.80. The molecule has 1 rings (SSSR count). The van der Waals surface area contributed by atoms with E-state index in [0.717, 1.165) is 0 Å². The highest BCUT2D eigenvalue weighted by molar-refractivity contribution is 5.85. The number of amides is 2. The highest BCUT2D eigenvalue weighted by Crippen LogP contribution is 2.03. The number of nitrogens with two attached hydrogens (primary N) is 1. The number of likely N-dealkylation sites (N-methyl/N-ethyl adjacent to an activating group) is 2. The first-order valence-electron chi connectivity index (χ1n) is 6.70. The molecule has 2 N–H and O–H groups in total. The Bertz CT molecular complexity index is 455. The zero-order chi connectivity index (χ0) is 15.1. The van der Waals surface area contributed by atoms with Crippen molar-refractivity contribution >= 4 is 17.5 Å². The average Bonchev–Trinajstić information content (AvgIpc) is 2.42. The van der Waals surface area contributed by atoms with Crippen LogP contribution in [0.15, 0.2) is 18.3 Å². The second-order valence-electron chi connectivity index (χ2n) is 4.58. The number of rotatable bonds is 6. The molecule has 0 unspecified atom stereocenters. The Balaban J connectivity index is 2.54. The summed E-state index contributed by atoms with van der Waals surface area (Å²) in [4.78, 5) is 31.1. The van der Waals surface area contributed by atoms with Crippen LogP contribution in [-0.2, 0) is 16.0 Å². The molecular formula is C14H22N4O2. The molecule has 1 aromatic rings. The third-order valence-corrected chi connectivity index (χ3v) is 3.09. The topological polar surface area (TPSA) is 79.5 Å². The van der Waals surface area contributed by atoms with Crippen molar-refractivity contribution in [3.63, 3.8) is 0 Å². The fraction of sp³-hybridized carbons (Fsp3) is 0.500. The SMILES string of the molecule is CCN(CC)C(=O)CN(C)C(=O)Cc1ccc(N)cn1. The number of nitrogen functional groups attached to an aromatic ring is 1. The molecular weight excluding hydrogens is 256 g/mol. The van der Waals surface area contributed by atoms with Crippen molar-refractivity contribution in [3.8, 4) is 0 Å². The number of aromatic nitrogens is 1. The molecule has 0 saturated carbocycles. The molecule has 110 valence electrons. The molecule has 6 nitrogen and oxygen atoms in total. The summed E-state index contributed by atoms with van der Waals surface area (Å²) >= 11 is 0. The average molecular weight is 278 g/mol. The van der Waals surface area contributed by atoms with E-state index in [0.29, 0.717) is 24.5 Å². The molecule has 0 atom stereocenters. The summed E-state index contributed by atoms with van der Waals surface area (Å²) in [5, 5.41) is 0. The van der Waals surface area contributed by atoms with Crippen LogP contribution in [0, 0.1) is 0 Å². The normalized spacial score (nSPS) is 10.2. The van der Waals surface area contributed by atoms with Crippen molar-refractivity contribution in [2.45, 2.75) is 20.3 Å². The third kappa shape index (κ3) is 4.53. The predicted molar refractivity (Wildman–Crippen MR) is 77.9 cm³/mol. The van der Waals surface area contributed by atoms with Crippen molar-refractivity contribution in [3.05, 3.63) is 24.0 Å². The third-order valence-electron chi connectivity index (χ3n) is 3.09. The van der Waals surface area contributed by atoms with Gasteiger partial charge in [0.15, 0.2) is 0 Å². The highest BCUT2D eigenvalue weighted by atomic mass is 16.2. The van der Waals surface area contributed by atoms with Gasteiger partial charge in [-0.3, -0.25) is 14.6 Å². The minimum absolute atomic E-state index is 0.0453. The smallest absolute Gasteiger partial charge is 0.242 e. The summed E-state index contributed by atoms with van der Waals surface area (Å²) in [6.45, 7) is 5.23. The fourth-order valence-electron chi connectivity index (χ4n) is 1.80. The standard InChI is InChI=1S/C14H22N4O2/c1-4-18(5-2)14(20)10-17(3)13(19)8-12-7-6-11(15)9-16-12/h6-7,9H,4-5,8,10,15H2,1-3H3. The highest BCUT2D eigenvalue weighted by Gasteiger charge is 2.17. The van der Waals surface area contributed by atoms with E-state index < -0.39 is 0 Å². The van der Waals surface area contributed by atoms with Crippen LogP contribution in [0.3, 0.4) is 0 Å². The van der Waals surface area contributed by atoms with Gasteiger partial charge in [0.25, 0.3) is 0 Å². The summed E-state index contributed by atoms with van der Waals surface area (Å²) < 4.78 is 0. The number of carbonyl (C=O) groups excluding carboxylic acids is 2. The maximum atomic E-state index is 12.0. The van der Waals surface area contributed by atoms with Crippen LogP contribution in [0.25, 0.3) is 0 Å². The van der Waals surface area contributed by atoms with Gasteiger partial charge in [0.05, 0.1) is 24.8 Å². The first-order chi connectivity index (χ1) is 9.47. The van der Waals surface area contributed by atoms with Crippen LogP contribution < -0.4 is 5.73 Å².